The molecule has 1 unspecified atom stereocenters. The molecule has 2 aliphatic rings. The standard InChI is InChI=1S/C10H17N3O2/c1-12-7-10(15)13(6-4-9(12)14)8-3-2-5-11-8/h8,11H,2-7H2,1H3. The zero-order valence-electron chi connectivity index (χ0n) is 9.03. The average Bonchev–Trinajstić information content (AvgIpc) is 2.67. The van der Waals surface area contributed by atoms with Gasteiger partial charge >= 0.3 is 0 Å². The second-order valence-corrected chi connectivity index (χ2v) is 4.20. The molecule has 2 amide bonds. The smallest absolute Gasteiger partial charge is 0.243 e. The molecule has 84 valence electrons. The molecule has 0 spiro atoms. The van der Waals surface area contributed by atoms with Crippen molar-refractivity contribution in [1.29, 1.82) is 0 Å². The normalized spacial score (nSPS) is 28.5. The number of likely N-dealkylation sites (N-methyl/N-ethyl adjacent to an activating group) is 1. The van der Waals surface area contributed by atoms with E-state index in [1.807, 2.05) is 4.90 Å². The highest BCUT2D eigenvalue weighted by Gasteiger charge is 2.30. The maximum Gasteiger partial charge on any atom is 0.243 e. The predicted octanol–water partition coefficient (Wildman–Crippen LogP) is -0.613. The zero-order chi connectivity index (χ0) is 10.8. The number of amides is 2. The fourth-order valence-corrected chi connectivity index (χ4v) is 2.18. The summed E-state index contributed by atoms with van der Waals surface area (Å²) in [6.07, 6.45) is 2.71. The first kappa shape index (κ1) is 10.4. The van der Waals surface area contributed by atoms with Crippen molar-refractivity contribution >= 4 is 11.8 Å². The van der Waals surface area contributed by atoms with E-state index in [9.17, 15) is 9.59 Å². The van der Waals surface area contributed by atoms with E-state index >= 15 is 0 Å². The van der Waals surface area contributed by atoms with Crippen molar-refractivity contribution in [2.45, 2.75) is 25.4 Å². The lowest BCUT2D eigenvalue weighted by molar-refractivity contribution is -0.136. The molecular weight excluding hydrogens is 194 g/mol. The lowest BCUT2D eigenvalue weighted by Crippen LogP contribution is -2.47. The predicted molar refractivity (Wildman–Crippen MR) is 55.0 cm³/mol. The maximum absolute atomic E-state index is 11.8. The van der Waals surface area contributed by atoms with Gasteiger partial charge in [-0.25, -0.2) is 0 Å². The summed E-state index contributed by atoms with van der Waals surface area (Å²) in [6, 6.07) is 0. The highest BCUT2D eigenvalue weighted by molar-refractivity contribution is 5.87. The Hall–Kier alpha value is -1.10. The zero-order valence-corrected chi connectivity index (χ0v) is 9.03. The van der Waals surface area contributed by atoms with E-state index < -0.39 is 0 Å². The molecule has 2 heterocycles. The van der Waals surface area contributed by atoms with Gasteiger partial charge < -0.3 is 9.80 Å². The highest BCUT2D eigenvalue weighted by Crippen LogP contribution is 2.14. The van der Waals surface area contributed by atoms with Crippen LogP contribution in [0, 0.1) is 0 Å². The van der Waals surface area contributed by atoms with E-state index in [4.69, 9.17) is 0 Å². The molecule has 1 atom stereocenters. The molecule has 0 aliphatic carbocycles. The molecule has 5 heteroatoms. The van der Waals surface area contributed by atoms with Crippen molar-refractivity contribution in [1.82, 2.24) is 15.1 Å². The molecule has 0 saturated carbocycles. The number of nitrogens with zero attached hydrogens (tertiary/aromatic N) is 2. The average molecular weight is 211 g/mol. The third kappa shape index (κ3) is 2.12. The molecule has 5 nitrogen and oxygen atoms in total. The van der Waals surface area contributed by atoms with Gasteiger partial charge in [0.15, 0.2) is 0 Å². The Labute approximate surface area is 89.4 Å². The minimum absolute atomic E-state index is 0.0581. The Bertz CT molecular complexity index is 274. The number of carbonyl (C=O) groups is 2. The van der Waals surface area contributed by atoms with Gasteiger partial charge in [-0.3, -0.25) is 14.9 Å². The SMILES string of the molecule is CN1CC(=O)N(C2CCCN2)CCC1=O. The third-order valence-electron chi connectivity index (χ3n) is 3.10. The van der Waals surface area contributed by atoms with E-state index in [2.05, 4.69) is 5.32 Å². The van der Waals surface area contributed by atoms with Crippen molar-refractivity contribution < 1.29 is 9.59 Å². The summed E-state index contributed by atoms with van der Waals surface area (Å²) in [5, 5.41) is 3.29. The summed E-state index contributed by atoms with van der Waals surface area (Å²) >= 11 is 0. The van der Waals surface area contributed by atoms with Gasteiger partial charge in [0.05, 0.1) is 12.7 Å². The molecule has 2 rings (SSSR count). The van der Waals surface area contributed by atoms with E-state index in [-0.39, 0.29) is 24.5 Å². The molecule has 2 aliphatic heterocycles. The maximum atomic E-state index is 11.8. The van der Waals surface area contributed by atoms with Gasteiger partial charge in [-0.2, -0.15) is 0 Å². The Kier molecular flexibility index (Phi) is 2.90. The second kappa shape index (κ2) is 4.18. The van der Waals surface area contributed by atoms with Crippen LogP contribution in [0.3, 0.4) is 0 Å². The largest absolute Gasteiger partial charge is 0.336 e. The minimum Gasteiger partial charge on any atom is -0.336 e. The van der Waals surface area contributed by atoms with Crippen LogP contribution < -0.4 is 5.32 Å². The summed E-state index contributed by atoms with van der Waals surface area (Å²) < 4.78 is 0. The molecular formula is C10H17N3O2. The van der Waals surface area contributed by atoms with Gasteiger partial charge in [0.25, 0.3) is 0 Å². The van der Waals surface area contributed by atoms with Crippen LogP contribution in [0.25, 0.3) is 0 Å². The Morgan fingerprint density at radius 3 is 2.80 bits per heavy atom. The fraction of sp³-hybridized carbons (Fsp3) is 0.800. The summed E-state index contributed by atoms with van der Waals surface area (Å²) in [5.74, 6) is 0.117. The van der Waals surface area contributed by atoms with Crippen molar-refractivity contribution in [2.24, 2.45) is 0 Å². The van der Waals surface area contributed by atoms with Crippen molar-refractivity contribution in [3.63, 3.8) is 0 Å². The second-order valence-electron chi connectivity index (χ2n) is 4.20. The van der Waals surface area contributed by atoms with Crippen LogP contribution in [0.15, 0.2) is 0 Å². The van der Waals surface area contributed by atoms with E-state index in [1.165, 1.54) is 4.90 Å². The number of hydrogen-bond acceptors (Lipinski definition) is 3. The summed E-state index contributed by atoms with van der Waals surface area (Å²) in [5.41, 5.74) is 0. The van der Waals surface area contributed by atoms with Crippen molar-refractivity contribution in [3.8, 4) is 0 Å². The molecule has 0 radical (unpaired) electrons. The van der Waals surface area contributed by atoms with Crippen molar-refractivity contribution in [2.75, 3.05) is 26.7 Å². The van der Waals surface area contributed by atoms with Crippen LogP contribution in [0.4, 0.5) is 0 Å². The molecule has 2 fully saturated rings. The number of hydrogen-bond donors (Lipinski definition) is 1. The molecule has 15 heavy (non-hydrogen) atoms. The minimum atomic E-state index is 0.0581. The lowest BCUT2D eigenvalue weighted by atomic mass is 10.3. The number of carbonyl (C=O) groups excluding carboxylic acids is 2. The highest BCUT2D eigenvalue weighted by atomic mass is 16.2. The van der Waals surface area contributed by atoms with Gasteiger partial charge in [0.2, 0.25) is 11.8 Å². The van der Waals surface area contributed by atoms with Crippen molar-refractivity contribution in [3.05, 3.63) is 0 Å². The van der Waals surface area contributed by atoms with Gasteiger partial charge in [-0.15, -0.1) is 0 Å². The van der Waals surface area contributed by atoms with Gasteiger partial charge in [0.1, 0.15) is 0 Å². The first-order valence-electron chi connectivity index (χ1n) is 5.45. The van der Waals surface area contributed by atoms with Crippen LogP contribution in [-0.4, -0.2) is 54.5 Å². The van der Waals surface area contributed by atoms with E-state index in [0.29, 0.717) is 13.0 Å². The van der Waals surface area contributed by atoms with Crippen LogP contribution in [0.5, 0.6) is 0 Å². The number of nitrogens with one attached hydrogen (secondary N) is 1. The molecule has 2 saturated heterocycles. The molecule has 0 bridgehead atoms. The van der Waals surface area contributed by atoms with Crippen LogP contribution >= 0.6 is 0 Å². The topological polar surface area (TPSA) is 52.7 Å². The Morgan fingerprint density at radius 2 is 2.13 bits per heavy atom. The lowest BCUT2D eigenvalue weighted by Gasteiger charge is -2.27. The first-order chi connectivity index (χ1) is 7.18. The van der Waals surface area contributed by atoms with Gasteiger partial charge in [0, 0.05) is 20.0 Å². The van der Waals surface area contributed by atoms with E-state index in [1.54, 1.807) is 7.05 Å². The van der Waals surface area contributed by atoms with E-state index in [0.717, 1.165) is 19.4 Å². The number of rotatable bonds is 1. The molecule has 0 aromatic heterocycles. The quantitative estimate of drug-likeness (QED) is 0.629. The summed E-state index contributed by atoms with van der Waals surface area (Å²) in [6.45, 7) is 1.74. The van der Waals surface area contributed by atoms with Crippen LogP contribution in [0.1, 0.15) is 19.3 Å². The summed E-state index contributed by atoms with van der Waals surface area (Å²) in [7, 11) is 1.69. The summed E-state index contributed by atoms with van der Waals surface area (Å²) in [4.78, 5) is 26.6. The fourth-order valence-electron chi connectivity index (χ4n) is 2.18. The Morgan fingerprint density at radius 1 is 1.33 bits per heavy atom. The van der Waals surface area contributed by atoms with Gasteiger partial charge in [-0.05, 0) is 19.4 Å². The molecule has 0 aromatic carbocycles. The molecule has 0 aromatic rings. The van der Waals surface area contributed by atoms with Crippen LogP contribution in [-0.2, 0) is 9.59 Å². The van der Waals surface area contributed by atoms with Crippen LogP contribution in [0.2, 0.25) is 0 Å². The Balaban J connectivity index is 2.05. The first-order valence-corrected chi connectivity index (χ1v) is 5.45. The monoisotopic (exact) mass is 211 g/mol. The molecule has 1 N–H and O–H groups in total. The third-order valence-corrected chi connectivity index (χ3v) is 3.10. The van der Waals surface area contributed by atoms with Gasteiger partial charge in [-0.1, -0.05) is 0 Å².